The van der Waals surface area contributed by atoms with E-state index in [4.69, 9.17) is 0 Å². The Balaban J connectivity index is 1.94. The van der Waals surface area contributed by atoms with E-state index in [0.717, 1.165) is 24.0 Å². The number of halogens is 1. The van der Waals surface area contributed by atoms with Crippen LogP contribution in [0.3, 0.4) is 0 Å². The Morgan fingerprint density at radius 1 is 1.32 bits per heavy atom. The van der Waals surface area contributed by atoms with Crippen LogP contribution in [0, 0.1) is 0 Å². The molecule has 0 amide bonds. The van der Waals surface area contributed by atoms with Crippen molar-refractivity contribution in [2.75, 3.05) is 0 Å². The maximum absolute atomic E-state index is 4.22. The zero-order valence-corrected chi connectivity index (χ0v) is 13.0. The molecule has 102 valence electrons. The summed E-state index contributed by atoms with van der Waals surface area (Å²) >= 11 is 3.46. The second-order valence-electron chi connectivity index (χ2n) is 4.73. The minimum atomic E-state index is 0.332. The molecule has 0 aliphatic rings. The van der Waals surface area contributed by atoms with Crippen LogP contribution in [0.25, 0.3) is 0 Å². The van der Waals surface area contributed by atoms with Crippen LogP contribution in [0.15, 0.2) is 41.3 Å². The first-order chi connectivity index (χ1) is 9.20. The van der Waals surface area contributed by atoms with Crippen LogP contribution in [0.4, 0.5) is 0 Å². The van der Waals surface area contributed by atoms with Crippen molar-refractivity contribution in [1.29, 1.82) is 0 Å². The Labute approximate surface area is 123 Å². The predicted molar refractivity (Wildman–Crippen MR) is 81.9 cm³/mol. The largest absolute Gasteiger partial charge is 0.333 e. The van der Waals surface area contributed by atoms with E-state index in [-0.39, 0.29) is 0 Å². The van der Waals surface area contributed by atoms with Crippen molar-refractivity contribution in [1.82, 2.24) is 14.9 Å². The van der Waals surface area contributed by atoms with Gasteiger partial charge in [-0.2, -0.15) is 0 Å². The van der Waals surface area contributed by atoms with E-state index < -0.39 is 0 Å². The average molecular weight is 322 g/mol. The molecule has 2 aromatic rings. The summed E-state index contributed by atoms with van der Waals surface area (Å²) in [5.74, 6) is 0. The van der Waals surface area contributed by atoms with Gasteiger partial charge in [0.15, 0.2) is 0 Å². The Morgan fingerprint density at radius 3 is 2.74 bits per heavy atom. The minimum Gasteiger partial charge on any atom is -0.333 e. The van der Waals surface area contributed by atoms with Crippen molar-refractivity contribution in [3.63, 3.8) is 0 Å². The van der Waals surface area contributed by atoms with Crippen LogP contribution in [0.5, 0.6) is 0 Å². The van der Waals surface area contributed by atoms with Crippen molar-refractivity contribution < 1.29 is 0 Å². The van der Waals surface area contributed by atoms with Gasteiger partial charge in [0.1, 0.15) is 0 Å². The molecule has 1 N–H and O–H groups in total. The second-order valence-corrected chi connectivity index (χ2v) is 5.65. The predicted octanol–water partition coefficient (Wildman–Crippen LogP) is 3.91. The van der Waals surface area contributed by atoms with Crippen molar-refractivity contribution in [3.8, 4) is 0 Å². The van der Waals surface area contributed by atoms with Crippen molar-refractivity contribution in [2.45, 2.75) is 39.4 Å². The van der Waals surface area contributed by atoms with Crippen LogP contribution < -0.4 is 5.32 Å². The zero-order chi connectivity index (χ0) is 13.7. The molecule has 0 saturated heterocycles. The Morgan fingerprint density at radius 2 is 2.05 bits per heavy atom. The fourth-order valence-corrected chi connectivity index (χ4v) is 2.33. The van der Waals surface area contributed by atoms with Crippen LogP contribution in [0.1, 0.15) is 37.6 Å². The fraction of sp³-hybridized carbons (Fsp3) is 0.400. The fourth-order valence-electron chi connectivity index (χ4n) is 2.06. The van der Waals surface area contributed by atoms with Crippen molar-refractivity contribution in [2.24, 2.45) is 0 Å². The summed E-state index contributed by atoms with van der Waals surface area (Å²) in [7, 11) is 0. The lowest BCUT2D eigenvalue weighted by Gasteiger charge is -2.15. The van der Waals surface area contributed by atoms with Gasteiger partial charge in [-0.15, -0.1) is 0 Å². The van der Waals surface area contributed by atoms with Crippen LogP contribution >= 0.6 is 15.9 Å². The van der Waals surface area contributed by atoms with E-state index in [1.54, 1.807) is 0 Å². The summed E-state index contributed by atoms with van der Waals surface area (Å²) < 4.78 is 3.32. The molecule has 0 fully saturated rings. The second kappa shape index (κ2) is 6.87. The molecule has 1 atom stereocenters. The number of benzene rings is 1. The van der Waals surface area contributed by atoms with Gasteiger partial charge in [0, 0.05) is 29.8 Å². The molecule has 0 aliphatic heterocycles. The molecule has 1 unspecified atom stereocenters. The normalized spacial score (nSPS) is 12.6. The molecule has 0 saturated carbocycles. The number of nitrogens with one attached hydrogen (secondary N) is 1. The van der Waals surface area contributed by atoms with Gasteiger partial charge in [0.2, 0.25) is 0 Å². The third kappa shape index (κ3) is 3.91. The molecular weight excluding hydrogens is 302 g/mol. The smallest absolute Gasteiger partial charge is 0.0948 e. The van der Waals surface area contributed by atoms with Gasteiger partial charge in [0.25, 0.3) is 0 Å². The third-order valence-electron chi connectivity index (χ3n) is 3.22. The van der Waals surface area contributed by atoms with Gasteiger partial charge in [-0.1, -0.05) is 35.0 Å². The lowest BCUT2D eigenvalue weighted by molar-refractivity contribution is 0.541. The lowest BCUT2D eigenvalue weighted by Crippen LogP contribution is -2.20. The molecule has 0 aliphatic carbocycles. The summed E-state index contributed by atoms with van der Waals surface area (Å²) in [5.41, 5.74) is 2.54. The maximum atomic E-state index is 4.22. The summed E-state index contributed by atoms with van der Waals surface area (Å²) in [4.78, 5) is 4.22. The van der Waals surface area contributed by atoms with E-state index >= 15 is 0 Å². The van der Waals surface area contributed by atoms with Crippen molar-refractivity contribution in [3.05, 3.63) is 52.5 Å². The SMILES string of the molecule is CCCn1cncc1CNC(C)c1ccc(Br)cc1. The molecule has 1 aromatic heterocycles. The van der Waals surface area contributed by atoms with Crippen molar-refractivity contribution >= 4 is 15.9 Å². The molecule has 3 nitrogen and oxygen atoms in total. The summed E-state index contributed by atoms with van der Waals surface area (Å²) in [6.07, 6.45) is 4.98. The standard InChI is InChI=1S/C15H20BrN3/c1-3-8-19-11-17-9-15(19)10-18-12(2)13-4-6-14(16)7-5-13/h4-7,9,11-12,18H,3,8,10H2,1-2H3. The van der Waals surface area contributed by atoms with Gasteiger partial charge < -0.3 is 9.88 Å². The summed E-state index contributed by atoms with van der Waals surface area (Å²) in [6.45, 7) is 6.24. The highest BCUT2D eigenvalue weighted by Gasteiger charge is 2.06. The van der Waals surface area contributed by atoms with Gasteiger partial charge in [-0.25, -0.2) is 4.98 Å². The van der Waals surface area contributed by atoms with Crippen LogP contribution in [0.2, 0.25) is 0 Å². The zero-order valence-electron chi connectivity index (χ0n) is 11.4. The molecule has 1 aromatic carbocycles. The monoisotopic (exact) mass is 321 g/mol. The first kappa shape index (κ1) is 14.3. The molecule has 19 heavy (non-hydrogen) atoms. The number of nitrogens with zero attached hydrogens (tertiary/aromatic N) is 2. The summed E-state index contributed by atoms with van der Waals surface area (Å²) in [6, 6.07) is 8.78. The number of aromatic nitrogens is 2. The average Bonchev–Trinajstić information content (AvgIpc) is 2.85. The molecule has 0 radical (unpaired) electrons. The highest BCUT2D eigenvalue weighted by Crippen LogP contribution is 2.17. The number of aryl methyl sites for hydroxylation is 1. The van der Waals surface area contributed by atoms with E-state index in [1.807, 2.05) is 12.5 Å². The Hall–Kier alpha value is -1.13. The van der Waals surface area contributed by atoms with Gasteiger partial charge >= 0.3 is 0 Å². The lowest BCUT2D eigenvalue weighted by atomic mass is 10.1. The van der Waals surface area contributed by atoms with E-state index in [1.165, 1.54) is 11.3 Å². The number of hydrogen-bond acceptors (Lipinski definition) is 2. The van der Waals surface area contributed by atoms with Gasteiger partial charge in [-0.05, 0) is 31.0 Å². The maximum Gasteiger partial charge on any atom is 0.0948 e. The first-order valence-corrected chi connectivity index (χ1v) is 7.48. The molecule has 0 spiro atoms. The molecule has 4 heteroatoms. The number of rotatable bonds is 6. The van der Waals surface area contributed by atoms with Crippen LogP contribution in [-0.2, 0) is 13.1 Å². The number of hydrogen-bond donors (Lipinski definition) is 1. The molecule has 1 heterocycles. The Bertz CT molecular complexity index is 504. The Kier molecular flexibility index (Phi) is 5.16. The van der Waals surface area contributed by atoms with E-state index in [9.17, 15) is 0 Å². The molecule has 0 bridgehead atoms. The number of imidazole rings is 1. The summed E-state index contributed by atoms with van der Waals surface area (Å²) in [5, 5.41) is 3.54. The highest BCUT2D eigenvalue weighted by atomic mass is 79.9. The first-order valence-electron chi connectivity index (χ1n) is 6.68. The van der Waals surface area contributed by atoms with Crippen LogP contribution in [-0.4, -0.2) is 9.55 Å². The molecule has 2 rings (SSSR count). The molecular formula is C15H20BrN3. The van der Waals surface area contributed by atoms with Gasteiger partial charge in [0.05, 0.1) is 12.0 Å². The minimum absolute atomic E-state index is 0.332. The van der Waals surface area contributed by atoms with Gasteiger partial charge in [-0.3, -0.25) is 0 Å². The highest BCUT2D eigenvalue weighted by molar-refractivity contribution is 9.10. The topological polar surface area (TPSA) is 29.9 Å². The third-order valence-corrected chi connectivity index (χ3v) is 3.75. The van der Waals surface area contributed by atoms with E-state index in [2.05, 4.69) is 68.9 Å². The quantitative estimate of drug-likeness (QED) is 0.874. The van der Waals surface area contributed by atoms with E-state index in [0.29, 0.717) is 6.04 Å².